The first-order chi connectivity index (χ1) is 11.1. The Labute approximate surface area is 137 Å². The predicted octanol–water partition coefficient (Wildman–Crippen LogP) is 1.62. The number of carbonyl (C=O) groups is 2. The molecule has 0 atom stereocenters. The van der Waals surface area contributed by atoms with Gasteiger partial charge >= 0.3 is 0 Å². The van der Waals surface area contributed by atoms with Gasteiger partial charge in [-0.1, -0.05) is 19.3 Å². The number of carbonyl (C=O) groups excluding carboxylic acids is 2. The minimum Gasteiger partial charge on any atom is -0.467 e. The molecular formula is C17H27N3O3. The maximum Gasteiger partial charge on any atom is 0.239 e. The molecule has 6 heteroatoms. The van der Waals surface area contributed by atoms with Gasteiger partial charge in [0.25, 0.3) is 0 Å². The van der Waals surface area contributed by atoms with Gasteiger partial charge in [0.15, 0.2) is 0 Å². The molecule has 0 radical (unpaired) electrons. The first-order valence-corrected chi connectivity index (χ1v) is 8.40. The Bertz CT molecular complexity index is 479. The van der Waals surface area contributed by atoms with Crippen LogP contribution in [0.25, 0.3) is 0 Å². The van der Waals surface area contributed by atoms with E-state index in [0.717, 1.165) is 25.9 Å². The number of likely N-dealkylation sites (N-methyl/N-ethyl adjacent to an activating group) is 1. The second kappa shape index (κ2) is 9.35. The average molecular weight is 321 g/mol. The summed E-state index contributed by atoms with van der Waals surface area (Å²) in [5, 5.41) is 2.75. The highest BCUT2D eigenvalue weighted by atomic mass is 16.3. The minimum absolute atomic E-state index is 0.00118. The molecule has 2 rings (SSSR count). The number of nitrogens with zero attached hydrogens (tertiary/aromatic N) is 2. The van der Waals surface area contributed by atoms with Crippen molar-refractivity contribution < 1.29 is 14.0 Å². The second-order valence-corrected chi connectivity index (χ2v) is 6.15. The van der Waals surface area contributed by atoms with Gasteiger partial charge in [-0.2, -0.15) is 0 Å². The zero-order valence-electron chi connectivity index (χ0n) is 13.9. The van der Waals surface area contributed by atoms with Gasteiger partial charge in [0.2, 0.25) is 11.8 Å². The summed E-state index contributed by atoms with van der Waals surface area (Å²) in [5.74, 6) is 0.525. The van der Waals surface area contributed by atoms with E-state index < -0.39 is 0 Å². The minimum atomic E-state index is -0.176. The van der Waals surface area contributed by atoms with Crippen molar-refractivity contribution in [1.29, 1.82) is 0 Å². The van der Waals surface area contributed by atoms with Gasteiger partial charge in [0.1, 0.15) is 5.76 Å². The van der Waals surface area contributed by atoms with E-state index in [1.165, 1.54) is 24.2 Å². The molecule has 0 saturated carbocycles. The standard InChI is InChI=1S/C17H27N3O3/c1-19(13-16(21)18-12-15-8-7-11-23-15)17(22)14-20-9-5-3-2-4-6-10-20/h7-8,11H,2-6,9-10,12-14H2,1H3,(H,18,21). The summed E-state index contributed by atoms with van der Waals surface area (Å²) in [7, 11) is 1.68. The van der Waals surface area contributed by atoms with Crippen molar-refractivity contribution in [3.05, 3.63) is 24.2 Å². The zero-order valence-corrected chi connectivity index (χ0v) is 13.9. The zero-order chi connectivity index (χ0) is 16.5. The molecule has 1 aliphatic heterocycles. The molecule has 1 aromatic rings. The molecule has 0 spiro atoms. The molecule has 0 aliphatic carbocycles. The van der Waals surface area contributed by atoms with Crippen LogP contribution in [0, 0.1) is 0 Å². The van der Waals surface area contributed by atoms with E-state index in [1.54, 1.807) is 25.4 Å². The molecule has 1 fully saturated rings. The van der Waals surface area contributed by atoms with Crippen LogP contribution in [0.4, 0.5) is 0 Å². The summed E-state index contributed by atoms with van der Waals surface area (Å²) in [4.78, 5) is 27.9. The van der Waals surface area contributed by atoms with Gasteiger partial charge in [0, 0.05) is 7.05 Å². The second-order valence-electron chi connectivity index (χ2n) is 6.15. The smallest absolute Gasteiger partial charge is 0.239 e. The highest BCUT2D eigenvalue weighted by Crippen LogP contribution is 2.10. The summed E-state index contributed by atoms with van der Waals surface area (Å²) >= 11 is 0. The van der Waals surface area contributed by atoms with Crippen LogP contribution >= 0.6 is 0 Å². The lowest BCUT2D eigenvalue weighted by molar-refractivity contribution is -0.135. The third-order valence-corrected chi connectivity index (χ3v) is 4.15. The molecule has 1 saturated heterocycles. The van der Waals surface area contributed by atoms with Crippen LogP contribution in [0.5, 0.6) is 0 Å². The van der Waals surface area contributed by atoms with Crippen molar-refractivity contribution in [3.8, 4) is 0 Å². The van der Waals surface area contributed by atoms with Crippen molar-refractivity contribution in [1.82, 2.24) is 15.1 Å². The van der Waals surface area contributed by atoms with Gasteiger partial charge in [-0.05, 0) is 38.1 Å². The lowest BCUT2D eigenvalue weighted by atomic mass is 10.1. The van der Waals surface area contributed by atoms with Gasteiger partial charge in [-0.25, -0.2) is 0 Å². The lowest BCUT2D eigenvalue weighted by Gasteiger charge is -2.26. The number of rotatable bonds is 6. The molecule has 23 heavy (non-hydrogen) atoms. The number of furan rings is 1. The molecule has 0 bridgehead atoms. The molecule has 2 heterocycles. The Morgan fingerprint density at radius 3 is 2.57 bits per heavy atom. The number of hydrogen-bond donors (Lipinski definition) is 1. The van der Waals surface area contributed by atoms with Crippen LogP contribution in [-0.4, -0.2) is 54.8 Å². The Balaban J connectivity index is 1.69. The van der Waals surface area contributed by atoms with Crippen molar-refractivity contribution in [2.24, 2.45) is 0 Å². The summed E-state index contributed by atoms with van der Waals surface area (Å²) in [6, 6.07) is 3.58. The van der Waals surface area contributed by atoms with Gasteiger partial charge in [-0.15, -0.1) is 0 Å². The quantitative estimate of drug-likeness (QED) is 0.865. The Kier molecular flexibility index (Phi) is 7.13. The first kappa shape index (κ1) is 17.5. The highest BCUT2D eigenvalue weighted by molar-refractivity contribution is 5.85. The largest absolute Gasteiger partial charge is 0.467 e. The van der Waals surface area contributed by atoms with E-state index in [9.17, 15) is 9.59 Å². The van der Waals surface area contributed by atoms with E-state index in [0.29, 0.717) is 18.8 Å². The van der Waals surface area contributed by atoms with Gasteiger partial charge in [0.05, 0.1) is 25.9 Å². The molecule has 1 N–H and O–H groups in total. The van der Waals surface area contributed by atoms with E-state index in [1.807, 2.05) is 0 Å². The van der Waals surface area contributed by atoms with E-state index in [-0.39, 0.29) is 18.4 Å². The van der Waals surface area contributed by atoms with Crippen molar-refractivity contribution in [2.45, 2.75) is 38.6 Å². The molecule has 2 amide bonds. The maximum atomic E-state index is 12.3. The third-order valence-electron chi connectivity index (χ3n) is 4.15. The fraction of sp³-hybridized carbons (Fsp3) is 0.647. The normalized spacial score (nSPS) is 16.4. The van der Waals surface area contributed by atoms with Crippen LogP contribution in [-0.2, 0) is 16.1 Å². The highest BCUT2D eigenvalue weighted by Gasteiger charge is 2.17. The van der Waals surface area contributed by atoms with Crippen molar-refractivity contribution in [3.63, 3.8) is 0 Å². The van der Waals surface area contributed by atoms with E-state index in [2.05, 4.69) is 10.2 Å². The van der Waals surface area contributed by atoms with Crippen molar-refractivity contribution in [2.75, 3.05) is 33.2 Å². The van der Waals surface area contributed by atoms with Crippen LogP contribution in [0.1, 0.15) is 37.9 Å². The maximum absolute atomic E-state index is 12.3. The summed E-state index contributed by atoms with van der Waals surface area (Å²) in [6.07, 6.45) is 7.67. The molecule has 1 aromatic heterocycles. The fourth-order valence-corrected chi connectivity index (χ4v) is 2.74. The van der Waals surface area contributed by atoms with Gasteiger partial charge < -0.3 is 14.6 Å². The van der Waals surface area contributed by atoms with E-state index >= 15 is 0 Å². The Morgan fingerprint density at radius 2 is 1.91 bits per heavy atom. The summed E-state index contributed by atoms with van der Waals surface area (Å²) in [6.45, 7) is 2.78. The Morgan fingerprint density at radius 1 is 1.22 bits per heavy atom. The molecule has 0 aromatic carbocycles. The fourth-order valence-electron chi connectivity index (χ4n) is 2.74. The molecule has 1 aliphatic rings. The monoisotopic (exact) mass is 321 g/mol. The number of hydrogen-bond acceptors (Lipinski definition) is 4. The molecule has 0 unspecified atom stereocenters. The number of nitrogens with one attached hydrogen (secondary N) is 1. The Hall–Kier alpha value is -1.82. The summed E-state index contributed by atoms with van der Waals surface area (Å²) < 4.78 is 5.16. The molecular weight excluding hydrogens is 294 g/mol. The van der Waals surface area contributed by atoms with Crippen LogP contribution in [0.15, 0.2) is 22.8 Å². The topological polar surface area (TPSA) is 65.8 Å². The summed E-state index contributed by atoms with van der Waals surface area (Å²) in [5.41, 5.74) is 0. The first-order valence-electron chi connectivity index (χ1n) is 8.40. The number of likely N-dealkylation sites (tertiary alicyclic amines) is 1. The van der Waals surface area contributed by atoms with Crippen LogP contribution < -0.4 is 5.32 Å². The SMILES string of the molecule is CN(CC(=O)NCc1ccco1)C(=O)CN1CCCCCCC1. The van der Waals surface area contributed by atoms with Gasteiger partial charge in [-0.3, -0.25) is 14.5 Å². The third kappa shape index (κ3) is 6.44. The molecule has 6 nitrogen and oxygen atoms in total. The van der Waals surface area contributed by atoms with Crippen LogP contribution in [0.3, 0.4) is 0 Å². The lowest BCUT2D eigenvalue weighted by Crippen LogP contribution is -2.43. The van der Waals surface area contributed by atoms with E-state index in [4.69, 9.17) is 4.42 Å². The van der Waals surface area contributed by atoms with Crippen LogP contribution in [0.2, 0.25) is 0 Å². The number of amides is 2. The van der Waals surface area contributed by atoms with Crippen molar-refractivity contribution >= 4 is 11.8 Å². The average Bonchev–Trinajstić information content (AvgIpc) is 3.01. The predicted molar refractivity (Wildman–Crippen MR) is 87.7 cm³/mol. The molecule has 128 valence electrons.